The zero-order valence-electron chi connectivity index (χ0n) is 16.2. The normalized spacial score (nSPS) is 14.9. The lowest BCUT2D eigenvalue weighted by molar-refractivity contribution is -0.140. The van der Waals surface area contributed by atoms with Crippen LogP contribution in [0.1, 0.15) is 16.7 Å². The molecule has 1 fully saturated rings. The smallest absolute Gasteiger partial charge is 0.239 e. The molecule has 1 heterocycles. The second-order valence-corrected chi connectivity index (χ2v) is 7.11. The Morgan fingerprint density at radius 2 is 1.50 bits per heavy atom. The van der Waals surface area contributed by atoms with Crippen molar-refractivity contribution in [1.82, 2.24) is 9.80 Å². The van der Waals surface area contributed by atoms with E-state index in [-0.39, 0.29) is 24.2 Å². The summed E-state index contributed by atoms with van der Waals surface area (Å²) in [7, 11) is 0. The van der Waals surface area contributed by atoms with Gasteiger partial charge >= 0.3 is 0 Å². The third-order valence-corrected chi connectivity index (χ3v) is 5.16. The van der Waals surface area contributed by atoms with Crippen LogP contribution in [0.2, 0.25) is 0 Å². The van der Waals surface area contributed by atoms with Crippen molar-refractivity contribution in [3.8, 4) is 0 Å². The molecule has 1 aliphatic heterocycles. The van der Waals surface area contributed by atoms with Gasteiger partial charge in [0.2, 0.25) is 11.8 Å². The van der Waals surface area contributed by atoms with Gasteiger partial charge < -0.3 is 15.5 Å². The SMILES string of the molecule is Cc1ccccc1CC(=O)N1CCN(C(=O)[C@@H](N)Cc2ccccc2)CC1.Cl. The van der Waals surface area contributed by atoms with Gasteiger partial charge in [0.1, 0.15) is 0 Å². The molecule has 0 spiro atoms. The molecule has 0 aliphatic carbocycles. The maximum Gasteiger partial charge on any atom is 0.239 e. The van der Waals surface area contributed by atoms with Crippen LogP contribution in [-0.2, 0) is 22.4 Å². The van der Waals surface area contributed by atoms with E-state index in [1.807, 2.05) is 66.4 Å². The molecule has 2 N–H and O–H groups in total. The molecule has 0 radical (unpaired) electrons. The fourth-order valence-electron chi connectivity index (χ4n) is 3.45. The summed E-state index contributed by atoms with van der Waals surface area (Å²) in [6.45, 7) is 4.23. The maximum absolute atomic E-state index is 12.6. The van der Waals surface area contributed by atoms with Crippen molar-refractivity contribution in [1.29, 1.82) is 0 Å². The Bertz CT molecular complexity index is 789. The number of halogens is 1. The number of nitrogens with zero attached hydrogens (tertiary/aromatic N) is 2. The molecule has 0 aromatic heterocycles. The van der Waals surface area contributed by atoms with Crippen molar-refractivity contribution in [3.63, 3.8) is 0 Å². The summed E-state index contributed by atoms with van der Waals surface area (Å²) < 4.78 is 0. The summed E-state index contributed by atoms with van der Waals surface area (Å²) in [5, 5.41) is 0. The highest BCUT2D eigenvalue weighted by Gasteiger charge is 2.27. The first-order valence-corrected chi connectivity index (χ1v) is 9.45. The summed E-state index contributed by atoms with van der Waals surface area (Å²) in [4.78, 5) is 28.8. The van der Waals surface area contributed by atoms with E-state index in [0.29, 0.717) is 39.0 Å². The fourth-order valence-corrected chi connectivity index (χ4v) is 3.45. The van der Waals surface area contributed by atoms with Crippen molar-refractivity contribution in [2.24, 2.45) is 5.73 Å². The number of benzene rings is 2. The number of hydrogen-bond acceptors (Lipinski definition) is 3. The molecule has 2 amide bonds. The third-order valence-electron chi connectivity index (χ3n) is 5.16. The summed E-state index contributed by atoms with van der Waals surface area (Å²) >= 11 is 0. The monoisotopic (exact) mass is 401 g/mol. The van der Waals surface area contributed by atoms with Gasteiger partial charge in [-0.2, -0.15) is 0 Å². The molecular weight excluding hydrogens is 374 g/mol. The number of nitrogens with two attached hydrogens (primary N) is 1. The topological polar surface area (TPSA) is 66.6 Å². The van der Waals surface area contributed by atoms with Crippen LogP contribution in [-0.4, -0.2) is 53.8 Å². The fraction of sp³-hybridized carbons (Fsp3) is 0.364. The van der Waals surface area contributed by atoms with E-state index in [0.717, 1.165) is 16.7 Å². The maximum atomic E-state index is 12.6. The highest BCUT2D eigenvalue weighted by atomic mass is 35.5. The van der Waals surface area contributed by atoms with E-state index in [9.17, 15) is 9.59 Å². The van der Waals surface area contributed by atoms with Gasteiger partial charge in [-0.3, -0.25) is 9.59 Å². The lowest BCUT2D eigenvalue weighted by Gasteiger charge is -2.36. The highest BCUT2D eigenvalue weighted by molar-refractivity contribution is 5.85. The number of aryl methyl sites for hydroxylation is 1. The van der Waals surface area contributed by atoms with E-state index in [1.54, 1.807) is 4.90 Å². The number of piperazine rings is 1. The van der Waals surface area contributed by atoms with E-state index in [4.69, 9.17) is 5.73 Å². The van der Waals surface area contributed by atoms with Gasteiger partial charge in [-0.15, -0.1) is 12.4 Å². The lowest BCUT2D eigenvalue weighted by atomic mass is 10.0. The molecule has 5 nitrogen and oxygen atoms in total. The number of amides is 2. The molecule has 0 unspecified atom stereocenters. The molecule has 1 atom stereocenters. The van der Waals surface area contributed by atoms with Gasteiger partial charge in [0, 0.05) is 26.2 Å². The van der Waals surface area contributed by atoms with Crippen LogP contribution in [0, 0.1) is 6.92 Å². The molecule has 0 saturated carbocycles. The van der Waals surface area contributed by atoms with E-state index >= 15 is 0 Å². The summed E-state index contributed by atoms with van der Waals surface area (Å²) in [6.07, 6.45) is 0.945. The second-order valence-electron chi connectivity index (χ2n) is 7.11. The summed E-state index contributed by atoms with van der Waals surface area (Å²) in [6, 6.07) is 17.2. The van der Waals surface area contributed by atoms with E-state index in [2.05, 4.69) is 0 Å². The molecule has 1 aliphatic rings. The number of rotatable bonds is 5. The minimum absolute atomic E-state index is 0. The quantitative estimate of drug-likeness (QED) is 0.835. The van der Waals surface area contributed by atoms with Gasteiger partial charge in [0.05, 0.1) is 12.5 Å². The van der Waals surface area contributed by atoms with Crippen LogP contribution >= 0.6 is 12.4 Å². The standard InChI is InChI=1S/C22H27N3O2.ClH/c1-17-7-5-6-10-19(17)16-21(26)24-11-13-25(14-12-24)22(27)20(23)15-18-8-3-2-4-9-18;/h2-10,20H,11-16,23H2,1H3;1H/t20-;/m0./s1. The van der Waals surface area contributed by atoms with Crippen molar-refractivity contribution < 1.29 is 9.59 Å². The van der Waals surface area contributed by atoms with Gasteiger partial charge in [-0.25, -0.2) is 0 Å². The molecule has 6 heteroatoms. The number of carbonyl (C=O) groups excluding carboxylic acids is 2. The zero-order valence-corrected chi connectivity index (χ0v) is 17.0. The van der Waals surface area contributed by atoms with Crippen molar-refractivity contribution in [2.75, 3.05) is 26.2 Å². The van der Waals surface area contributed by atoms with Crippen LogP contribution in [0.3, 0.4) is 0 Å². The van der Waals surface area contributed by atoms with Crippen LogP contribution in [0.25, 0.3) is 0 Å². The Hall–Kier alpha value is -2.37. The Kier molecular flexibility index (Phi) is 8.03. The van der Waals surface area contributed by atoms with E-state index < -0.39 is 6.04 Å². The minimum atomic E-state index is -0.540. The average Bonchev–Trinajstić information content (AvgIpc) is 2.70. The Labute approximate surface area is 172 Å². The average molecular weight is 402 g/mol. The third kappa shape index (κ3) is 5.57. The van der Waals surface area contributed by atoms with Crippen LogP contribution in [0.4, 0.5) is 0 Å². The molecule has 28 heavy (non-hydrogen) atoms. The summed E-state index contributed by atoms with van der Waals surface area (Å²) in [5.41, 5.74) is 9.37. The Balaban J connectivity index is 0.00000280. The second kappa shape index (κ2) is 10.2. The van der Waals surface area contributed by atoms with Gasteiger partial charge in [-0.05, 0) is 30.0 Å². The molecule has 2 aromatic rings. The molecule has 1 saturated heterocycles. The minimum Gasteiger partial charge on any atom is -0.339 e. The van der Waals surface area contributed by atoms with Gasteiger partial charge in [0.25, 0.3) is 0 Å². The first-order chi connectivity index (χ1) is 13.0. The molecular formula is C22H28ClN3O2. The number of carbonyl (C=O) groups is 2. The van der Waals surface area contributed by atoms with Crippen molar-refractivity contribution in [3.05, 3.63) is 71.3 Å². The first kappa shape index (κ1) is 21.9. The van der Waals surface area contributed by atoms with Gasteiger partial charge in [0.15, 0.2) is 0 Å². The van der Waals surface area contributed by atoms with Crippen molar-refractivity contribution in [2.45, 2.75) is 25.8 Å². The van der Waals surface area contributed by atoms with Crippen LogP contribution < -0.4 is 5.73 Å². The molecule has 3 rings (SSSR count). The van der Waals surface area contributed by atoms with Crippen LogP contribution in [0.5, 0.6) is 0 Å². The van der Waals surface area contributed by atoms with Gasteiger partial charge in [-0.1, -0.05) is 54.6 Å². The van der Waals surface area contributed by atoms with Crippen LogP contribution in [0.15, 0.2) is 54.6 Å². The Morgan fingerprint density at radius 1 is 0.929 bits per heavy atom. The Morgan fingerprint density at radius 3 is 2.14 bits per heavy atom. The molecule has 150 valence electrons. The summed E-state index contributed by atoms with van der Waals surface area (Å²) in [5.74, 6) is 0.0786. The first-order valence-electron chi connectivity index (χ1n) is 9.45. The largest absolute Gasteiger partial charge is 0.339 e. The van der Waals surface area contributed by atoms with Crippen molar-refractivity contribution >= 4 is 24.2 Å². The lowest BCUT2D eigenvalue weighted by Crippen LogP contribution is -2.55. The highest BCUT2D eigenvalue weighted by Crippen LogP contribution is 2.12. The predicted octanol–water partition coefficient (Wildman–Crippen LogP) is 2.20. The zero-order chi connectivity index (χ0) is 19.2. The molecule has 2 aromatic carbocycles. The van der Waals surface area contributed by atoms with E-state index in [1.165, 1.54) is 0 Å². The predicted molar refractivity (Wildman–Crippen MR) is 113 cm³/mol. The molecule has 0 bridgehead atoms. The number of hydrogen-bond donors (Lipinski definition) is 1.